The fraction of sp³-hybridized carbons (Fsp3) is 0.667. The number of rotatable bonds is 7. The summed E-state index contributed by atoms with van der Waals surface area (Å²) >= 11 is 0. The number of hydrogen-bond donors (Lipinski definition) is 2. The van der Waals surface area contributed by atoms with Crippen molar-refractivity contribution < 1.29 is 21.6 Å². The average molecular weight is 407 g/mol. The summed E-state index contributed by atoms with van der Waals surface area (Å²) in [4.78, 5) is 13.5. The number of amides is 1. The molecule has 0 spiro atoms. The molecule has 0 bridgehead atoms. The van der Waals surface area contributed by atoms with Gasteiger partial charge >= 0.3 is 0 Å². The van der Waals surface area contributed by atoms with Crippen LogP contribution in [0, 0.1) is 0 Å². The normalized spacial score (nSPS) is 16.6. The van der Waals surface area contributed by atoms with Gasteiger partial charge in [-0.25, -0.2) is 26.3 Å². The van der Waals surface area contributed by atoms with E-state index in [9.17, 15) is 21.6 Å². The Bertz CT molecular complexity index is 803. The summed E-state index contributed by atoms with van der Waals surface area (Å²) in [6.07, 6.45) is 7.58. The molecule has 0 aliphatic heterocycles. The lowest BCUT2D eigenvalue weighted by Crippen LogP contribution is -2.39. The predicted molar refractivity (Wildman–Crippen MR) is 96.6 cm³/mol. The molecule has 1 saturated carbocycles. The second kappa shape index (κ2) is 8.07. The van der Waals surface area contributed by atoms with Crippen molar-refractivity contribution >= 4 is 26.0 Å². The van der Waals surface area contributed by atoms with Crippen LogP contribution < -0.4 is 9.44 Å². The van der Waals surface area contributed by atoms with Crippen molar-refractivity contribution in [2.24, 2.45) is 0 Å². The highest BCUT2D eigenvalue weighted by Gasteiger charge is 2.29. The third-order valence-electron chi connectivity index (χ3n) is 4.76. The van der Waals surface area contributed by atoms with Gasteiger partial charge in [0, 0.05) is 25.5 Å². The van der Waals surface area contributed by atoms with Crippen molar-refractivity contribution in [3.63, 3.8) is 0 Å². The molecule has 1 aliphatic carbocycles. The first kappa shape index (κ1) is 20.9. The number of nitrogens with zero attached hydrogens (tertiary/aromatic N) is 2. The number of hydrogen-bond acceptors (Lipinski definition) is 5. The van der Waals surface area contributed by atoms with Gasteiger partial charge in [-0.3, -0.25) is 4.79 Å². The number of aromatic nitrogens is 1. The molecule has 1 heterocycles. The van der Waals surface area contributed by atoms with Crippen LogP contribution in [0.1, 0.15) is 32.1 Å². The van der Waals surface area contributed by atoms with Crippen LogP contribution in [0.2, 0.25) is 0 Å². The molecular formula is C15H26N4O5S2. The molecular weight excluding hydrogens is 380 g/mol. The van der Waals surface area contributed by atoms with E-state index in [0.29, 0.717) is 0 Å². The minimum Gasteiger partial charge on any atom is -0.342 e. The molecule has 26 heavy (non-hydrogen) atoms. The van der Waals surface area contributed by atoms with E-state index >= 15 is 0 Å². The Kier molecular flexibility index (Phi) is 6.48. The number of nitrogens with one attached hydrogen (secondary N) is 2. The highest BCUT2D eigenvalue weighted by molar-refractivity contribution is 7.92. The third-order valence-corrected chi connectivity index (χ3v) is 7.77. The van der Waals surface area contributed by atoms with Gasteiger partial charge in [0.2, 0.25) is 26.0 Å². The molecule has 1 fully saturated rings. The Hall–Kier alpha value is -1.43. The summed E-state index contributed by atoms with van der Waals surface area (Å²) in [7, 11) is -3.85. The molecule has 2 N–H and O–H groups in total. The smallest absolute Gasteiger partial charge is 0.243 e. The maximum Gasteiger partial charge on any atom is 0.243 e. The molecule has 148 valence electrons. The quantitative estimate of drug-likeness (QED) is 0.666. The summed E-state index contributed by atoms with van der Waals surface area (Å²) in [6.45, 7) is -0.127. The Balaban J connectivity index is 2.30. The number of carbonyl (C=O) groups is 1. The van der Waals surface area contributed by atoms with Crippen LogP contribution in [0.25, 0.3) is 0 Å². The zero-order chi connectivity index (χ0) is 19.5. The molecule has 1 amide bonds. The summed E-state index contributed by atoms with van der Waals surface area (Å²) in [5.41, 5.74) is 0. The van der Waals surface area contributed by atoms with Crippen LogP contribution in [0.4, 0.5) is 0 Å². The highest BCUT2D eigenvalue weighted by Crippen LogP contribution is 2.24. The van der Waals surface area contributed by atoms with Crippen molar-refractivity contribution in [3.05, 3.63) is 12.4 Å². The van der Waals surface area contributed by atoms with Crippen LogP contribution in [0.5, 0.6) is 0 Å². The van der Waals surface area contributed by atoms with E-state index in [4.69, 9.17) is 0 Å². The van der Waals surface area contributed by atoms with Crippen LogP contribution >= 0.6 is 0 Å². The lowest BCUT2D eigenvalue weighted by Gasteiger charge is -2.31. The summed E-state index contributed by atoms with van der Waals surface area (Å²) in [6, 6.07) is 0.174. The van der Waals surface area contributed by atoms with Gasteiger partial charge in [-0.05, 0) is 26.9 Å². The standard InChI is InChI=1S/C15H26N4O5S2/c1-16-25(21,22)13-9-19(10-14(13)26(23,24)17-2)11-15(20)18(3)12-7-5-4-6-8-12/h9-10,12,16-17H,4-8,11H2,1-3H3. The second-order valence-corrected chi connectivity index (χ2v) is 10.1. The molecule has 1 aromatic heterocycles. The van der Waals surface area contributed by atoms with Gasteiger partial charge in [-0.1, -0.05) is 19.3 Å². The van der Waals surface area contributed by atoms with Gasteiger partial charge in [-0.15, -0.1) is 0 Å². The Morgan fingerprint density at radius 1 is 1.04 bits per heavy atom. The number of sulfonamides is 2. The topological polar surface area (TPSA) is 118 Å². The predicted octanol–water partition coefficient (Wildman–Crippen LogP) is 0.0954. The molecule has 1 aliphatic rings. The van der Waals surface area contributed by atoms with Crippen molar-refractivity contribution in [1.82, 2.24) is 18.9 Å². The van der Waals surface area contributed by atoms with Gasteiger partial charge < -0.3 is 9.47 Å². The van der Waals surface area contributed by atoms with E-state index < -0.39 is 20.0 Å². The first-order valence-corrected chi connectivity index (χ1v) is 11.4. The van der Waals surface area contributed by atoms with Gasteiger partial charge in [0.15, 0.2) is 0 Å². The zero-order valence-electron chi connectivity index (χ0n) is 15.2. The molecule has 9 nitrogen and oxygen atoms in total. The van der Waals surface area contributed by atoms with Gasteiger partial charge in [0.05, 0.1) is 0 Å². The van der Waals surface area contributed by atoms with E-state index in [1.807, 2.05) is 0 Å². The van der Waals surface area contributed by atoms with Crippen LogP contribution in [0.3, 0.4) is 0 Å². The largest absolute Gasteiger partial charge is 0.342 e. The lowest BCUT2D eigenvalue weighted by atomic mass is 9.94. The Labute approximate surface area is 154 Å². The fourth-order valence-corrected chi connectivity index (χ4v) is 5.40. The van der Waals surface area contributed by atoms with E-state index in [1.54, 1.807) is 11.9 Å². The van der Waals surface area contributed by atoms with Gasteiger partial charge in [-0.2, -0.15) is 0 Å². The summed E-state index contributed by atoms with van der Waals surface area (Å²) in [5.74, 6) is -0.186. The van der Waals surface area contributed by atoms with Gasteiger partial charge in [0.1, 0.15) is 16.3 Å². The Morgan fingerprint density at radius 3 is 1.92 bits per heavy atom. The molecule has 0 saturated heterocycles. The summed E-state index contributed by atoms with van der Waals surface area (Å²) < 4.78 is 54.1. The van der Waals surface area contributed by atoms with Gasteiger partial charge in [0.25, 0.3) is 0 Å². The average Bonchev–Trinajstić information content (AvgIpc) is 3.07. The maximum absolute atomic E-state index is 12.5. The zero-order valence-corrected chi connectivity index (χ0v) is 16.9. The second-order valence-electron chi connectivity index (χ2n) is 6.37. The van der Waals surface area contributed by atoms with Crippen LogP contribution in [-0.4, -0.2) is 59.4 Å². The molecule has 0 atom stereocenters. The van der Waals surface area contributed by atoms with E-state index in [2.05, 4.69) is 9.44 Å². The first-order valence-electron chi connectivity index (χ1n) is 8.45. The van der Waals surface area contributed by atoms with Crippen LogP contribution in [0.15, 0.2) is 22.2 Å². The molecule has 2 rings (SSSR count). The van der Waals surface area contributed by atoms with Crippen molar-refractivity contribution in [1.29, 1.82) is 0 Å². The monoisotopic (exact) mass is 406 g/mol. The molecule has 0 unspecified atom stereocenters. The van der Waals surface area contributed by atoms with Crippen molar-refractivity contribution in [2.45, 2.75) is 54.5 Å². The minimum atomic E-state index is -3.99. The third kappa shape index (κ3) is 4.45. The minimum absolute atomic E-state index is 0.127. The molecule has 0 radical (unpaired) electrons. The summed E-state index contributed by atoms with van der Waals surface area (Å²) in [5, 5.41) is 0. The number of carbonyl (C=O) groups excluding carboxylic acids is 1. The Morgan fingerprint density at radius 2 is 1.50 bits per heavy atom. The SMILES string of the molecule is CNS(=O)(=O)c1cn(CC(=O)N(C)C2CCCCC2)cc1S(=O)(=O)NC. The van der Waals surface area contributed by atoms with E-state index in [0.717, 1.165) is 25.7 Å². The molecule has 0 aromatic carbocycles. The fourth-order valence-electron chi connectivity index (χ4n) is 3.12. The first-order chi connectivity index (χ1) is 12.1. The molecule has 11 heteroatoms. The van der Waals surface area contributed by atoms with Crippen molar-refractivity contribution in [2.75, 3.05) is 21.1 Å². The number of likely N-dealkylation sites (N-methyl/N-ethyl adjacent to an activating group) is 1. The molecule has 1 aromatic rings. The maximum atomic E-state index is 12.5. The highest BCUT2D eigenvalue weighted by atomic mass is 32.2. The lowest BCUT2D eigenvalue weighted by molar-refractivity contribution is -0.133. The van der Waals surface area contributed by atoms with Crippen molar-refractivity contribution in [3.8, 4) is 0 Å². The van der Waals surface area contributed by atoms with E-state index in [1.165, 1.54) is 37.5 Å². The van der Waals surface area contributed by atoms with E-state index in [-0.39, 0.29) is 28.3 Å². The van der Waals surface area contributed by atoms with Crippen LogP contribution in [-0.2, 0) is 31.4 Å².